The standard InChI is InChI=1S/C17H30N4O/c1-5-8-12(3)19-17(22)13(4)20-15-9-7-10-16-14(15)11-18-21(16)6-2/h11-13,15,20H,5-10H2,1-4H3,(H,19,22)/t12-,13-,15-/m0/s1. The first-order valence-corrected chi connectivity index (χ1v) is 8.67. The van der Waals surface area contributed by atoms with Crippen LogP contribution in [0, 0.1) is 0 Å². The molecule has 2 N–H and O–H groups in total. The van der Waals surface area contributed by atoms with Gasteiger partial charge in [-0.25, -0.2) is 0 Å². The summed E-state index contributed by atoms with van der Waals surface area (Å²) in [5.41, 5.74) is 2.60. The Morgan fingerprint density at radius 1 is 1.45 bits per heavy atom. The topological polar surface area (TPSA) is 59.0 Å². The Morgan fingerprint density at radius 3 is 2.91 bits per heavy atom. The van der Waals surface area contributed by atoms with Crippen LogP contribution in [0.4, 0.5) is 0 Å². The summed E-state index contributed by atoms with van der Waals surface area (Å²) in [6.07, 6.45) is 7.40. The molecule has 0 aromatic carbocycles. The zero-order chi connectivity index (χ0) is 16.1. The number of aromatic nitrogens is 2. The molecule has 5 heteroatoms. The van der Waals surface area contributed by atoms with Gasteiger partial charge in [-0.15, -0.1) is 0 Å². The number of carbonyl (C=O) groups excluding carboxylic acids is 1. The summed E-state index contributed by atoms with van der Waals surface area (Å²) >= 11 is 0. The van der Waals surface area contributed by atoms with Gasteiger partial charge in [0.25, 0.3) is 0 Å². The minimum absolute atomic E-state index is 0.0935. The van der Waals surface area contributed by atoms with E-state index in [1.54, 1.807) is 0 Å². The van der Waals surface area contributed by atoms with Crippen LogP contribution in [-0.4, -0.2) is 27.8 Å². The summed E-state index contributed by atoms with van der Waals surface area (Å²) in [5, 5.41) is 11.1. The zero-order valence-electron chi connectivity index (χ0n) is 14.4. The molecule has 1 aliphatic carbocycles. The second-order valence-electron chi connectivity index (χ2n) is 6.39. The maximum atomic E-state index is 12.3. The minimum Gasteiger partial charge on any atom is -0.352 e. The summed E-state index contributed by atoms with van der Waals surface area (Å²) in [5.74, 6) is 0.0935. The Balaban J connectivity index is 1.96. The van der Waals surface area contributed by atoms with Crippen LogP contribution >= 0.6 is 0 Å². The molecule has 0 saturated carbocycles. The van der Waals surface area contributed by atoms with E-state index in [0.717, 1.165) is 38.6 Å². The third kappa shape index (κ3) is 3.88. The number of aryl methyl sites for hydroxylation is 1. The SMILES string of the molecule is CCC[C@H](C)NC(=O)[C@H](C)N[C@H]1CCCc2c1cnn2CC. The molecule has 1 aromatic rings. The molecule has 1 aromatic heterocycles. The molecular weight excluding hydrogens is 276 g/mol. The monoisotopic (exact) mass is 306 g/mol. The van der Waals surface area contributed by atoms with E-state index in [-0.39, 0.29) is 24.0 Å². The molecule has 0 unspecified atom stereocenters. The highest BCUT2D eigenvalue weighted by atomic mass is 16.2. The van der Waals surface area contributed by atoms with Gasteiger partial charge in [-0.3, -0.25) is 14.8 Å². The van der Waals surface area contributed by atoms with E-state index in [4.69, 9.17) is 0 Å². The van der Waals surface area contributed by atoms with Crippen molar-refractivity contribution < 1.29 is 4.79 Å². The normalized spacial score (nSPS) is 20.3. The molecule has 22 heavy (non-hydrogen) atoms. The van der Waals surface area contributed by atoms with Crippen LogP contribution in [0.2, 0.25) is 0 Å². The van der Waals surface area contributed by atoms with Crippen LogP contribution in [0.25, 0.3) is 0 Å². The molecule has 1 aliphatic rings. The third-order valence-electron chi connectivity index (χ3n) is 4.52. The van der Waals surface area contributed by atoms with Crippen LogP contribution in [0.5, 0.6) is 0 Å². The fraction of sp³-hybridized carbons (Fsp3) is 0.765. The summed E-state index contributed by atoms with van der Waals surface area (Å²) in [4.78, 5) is 12.3. The van der Waals surface area contributed by atoms with Gasteiger partial charge in [0.2, 0.25) is 5.91 Å². The average Bonchev–Trinajstić information content (AvgIpc) is 2.91. The molecule has 1 amide bonds. The van der Waals surface area contributed by atoms with E-state index >= 15 is 0 Å². The lowest BCUT2D eigenvalue weighted by molar-refractivity contribution is -0.123. The van der Waals surface area contributed by atoms with Gasteiger partial charge in [0.15, 0.2) is 0 Å². The number of nitrogens with one attached hydrogen (secondary N) is 2. The van der Waals surface area contributed by atoms with Crippen molar-refractivity contribution in [2.24, 2.45) is 0 Å². The molecular formula is C17H30N4O. The first-order chi connectivity index (χ1) is 10.6. The quantitative estimate of drug-likeness (QED) is 0.814. The average molecular weight is 306 g/mol. The minimum atomic E-state index is -0.180. The van der Waals surface area contributed by atoms with Gasteiger partial charge in [0.1, 0.15) is 0 Å². The van der Waals surface area contributed by atoms with Crippen molar-refractivity contribution >= 4 is 5.91 Å². The lowest BCUT2D eigenvalue weighted by atomic mass is 9.92. The van der Waals surface area contributed by atoms with E-state index in [1.807, 2.05) is 13.1 Å². The van der Waals surface area contributed by atoms with Gasteiger partial charge >= 0.3 is 0 Å². The van der Waals surface area contributed by atoms with Crippen LogP contribution in [0.3, 0.4) is 0 Å². The van der Waals surface area contributed by atoms with Crippen molar-refractivity contribution in [2.75, 3.05) is 0 Å². The fourth-order valence-electron chi connectivity index (χ4n) is 3.31. The highest BCUT2D eigenvalue weighted by Crippen LogP contribution is 2.29. The molecule has 0 fully saturated rings. The van der Waals surface area contributed by atoms with Gasteiger partial charge in [0, 0.05) is 29.9 Å². The lowest BCUT2D eigenvalue weighted by Gasteiger charge is -2.27. The molecule has 3 atom stereocenters. The van der Waals surface area contributed by atoms with Gasteiger partial charge in [-0.2, -0.15) is 5.10 Å². The van der Waals surface area contributed by atoms with Crippen LogP contribution in [0.15, 0.2) is 6.20 Å². The smallest absolute Gasteiger partial charge is 0.237 e. The fourth-order valence-corrected chi connectivity index (χ4v) is 3.31. The van der Waals surface area contributed by atoms with E-state index in [1.165, 1.54) is 11.3 Å². The van der Waals surface area contributed by atoms with Gasteiger partial charge < -0.3 is 5.32 Å². The predicted octanol–water partition coefficient (Wildman–Crippen LogP) is 2.56. The second kappa shape index (κ2) is 7.77. The van der Waals surface area contributed by atoms with Crippen LogP contribution in [-0.2, 0) is 17.8 Å². The summed E-state index contributed by atoms with van der Waals surface area (Å²) in [6.45, 7) is 9.19. The zero-order valence-corrected chi connectivity index (χ0v) is 14.4. The Labute approximate surface area is 133 Å². The van der Waals surface area contributed by atoms with E-state index in [0.29, 0.717) is 0 Å². The molecule has 2 rings (SSSR count). The second-order valence-corrected chi connectivity index (χ2v) is 6.39. The van der Waals surface area contributed by atoms with Crippen molar-refractivity contribution in [1.82, 2.24) is 20.4 Å². The van der Waals surface area contributed by atoms with Crippen LogP contribution < -0.4 is 10.6 Å². The first kappa shape index (κ1) is 17.0. The molecule has 124 valence electrons. The Morgan fingerprint density at radius 2 is 2.23 bits per heavy atom. The van der Waals surface area contributed by atoms with Crippen LogP contribution in [0.1, 0.15) is 70.7 Å². The largest absolute Gasteiger partial charge is 0.352 e. The lowest BCUT2D eigenvalue weighted by Crippen LogP contribution is -2.46. The third-order valence-corrected chi connectivity index (χ3v) is 4.52. The van der Waals surface area contributed by atoms with E-state index in [2.05, 4.69) is 41.2 Å². The number of carbonyl (C=O) groups is 1. The predicted molar refractivity (Wildman–Crippen MR) is 88.7 cm³/mol. The maximum absolute atomic E-state index is 12.3. The Kier molecular flexibility index (Phi) is 6.00. The van der Waals surface area contributed by atoms with Crippen molar-refractivity contribution in [2.45, 2.75) is 84.5 Å². The van der Waals surface area contributed by atoms with Crippen molar-refractivity contribution in [1.29, 1.82) is 0 Å². The molecule has 0 saturated heterocycles. The summed E-state index contributed by atoms with van der Waals surface area (Å²) in [6, 6.07) is 0.304. The number of amides is 1. The highest BCUT2D eigenvalue weighted by Gasteiger charge is 2.26. The van der Waals surface area contributed by atoms with Crippen molar-refractivity contribution in [3.05, 3.63) is 17.5 Å². The van der Waals surface area contributed by atoms with Gasteiger partial charge in [-0.05, 0) is 46.5 Å². The molecule has 0 bridgehead atoms. The Bertz CT molecular complexity index is 497. The Hall–Kier alpha value is -1.36. The molecule has 0 radical (unpaired) electrons. The highest BCUT2D eigenvalue weighted by molar-refractivity contribution is 5.81. The number of hydrogen-bond donors (Lipinski definition) is 2. The number of rotatable bonds is 7. The molecule has 0 aliphatic heterocycles. The van der Waals surface area contributed by atoms with Gasteiger partial charge in [-0.1, -0.05) is 13.3 Å². The molecule has 5 nitrogen and oxygen atoms in total. The maximum Gasteiger partial charge on any atom is 0.237 e. The van der Waals surface area contributed by atoms with Crippen molar-refractivity contribution in [3.8, 4) is 0 Å². The van der Waals surface area contributed by atoms with E-state index in [9.17, 15) is 4.79 Å². The van der Waals surface area contributed by atoms with E-state index < -0.39 is 0 Å². The number of nitrogens with zero attached hydrogens (tertiary/aromatic N) is 2. The summed E-state index contributed by atoms with van der Waals surface area (Å²) in [7, 11) is 0. The number of fused-ring (bicyclic) bond motifs is 1. The molecule has 1 heterocycles. The first-order valence-electron chi connectivity index (χ1n) is 8.67. The van der Waals surface area contributed by atoms with Crippen molar-refractivity contribution in [3.63, 3.8) is 0 Å². The van der Waals surface area contributed by atoms with Gasteiger partial charge in [0.05, 0.1) is 12.2 Å². The summed E-state index contributed by atoms with van der Waals surface area (Å²) < 4.78 is 2.08. The molecule has 0 spiro atoms. The number of hydrogen-bond acceptors (Lipinski definition) is 3.